The van der Waals surface area contributed by atoms with Crippen molar-refractivity contribution in [2.75, 3.05) is 68.5 Å². The maximum Gasteiger partial charge on any atom is 0.277 e. The Morgan fingerprint density at radius 3 is 2.64 bits per heavy atom. The fraction of sp³-hybridized carbons (Fsp3) is 0.400. The number of piperidine rings is 1. The van der Waals surface area contributed by atoms with Crippen LogP contribution in [0.2, 0.25) is 0 Å². The number of nitrogens with one attached hydrogen (secondary N) is 2. The third kappa shape index (κ3) is 6.33. The molecule has 1 aromatic carbocycles. The van der Waals surface area contributed by atoms with Crippen molar-refractivity contribution in [2.24, 2.45) is 5.92 Å². The summed E-state index contributed by atoms with van der Waals surface area (Å²) in [6, 6.07) is 7.76. The van der Waals surface area contributed by atoms with Gasteiger partial charge in [0.1, 0.15) is 0 Å². The summed E-state index contributed by atoms with van der Waals surface area (Å²) >= 11 is 1.74. The molecule has 0 saturated carbocycles. The maximum atomic E-state index is 11.5. The van der Waals surface area contributed by atoms with E-state index in [1.807, 2.05) is 12.1 Å². The number of carbonyl (C=O) groups is 1. The van der Waals surface area contributed by atoms with Gasteiger partial charge in [-0.2, -0.15) is 0 Å². The lowest BCUT2D eigenvalue weighted by Gasteiger charge is -2.33. The van der Waals surface area contributed by atoms with Gasteiger partial charge < -0.3 is 30.6 Å². The Kier molecular flexibility index (Phi) is 8.93. The van der Waals surface area contributed by atoms with Gasteiger partial charge in [-0.15, -0.1) is 11.3 Å². The van der Waals surface area contributed by atoms with Crippen LogP contribution in [0.25, 0.3) is 21.6 Å². The second kappa shape index (κ2) is 13.2. The summed E-state index contributed by atoms with van der Waals surface area (Å²) in [6.07, 6.45) is 6.17. The largest absolute Gasteiger partial charge is 0.398 e. The average Bonchev–Trinajstić information content (AvgIpc) is 3.46. The van der Waals surface area contributed by atoms with Crippen LogP contribution in [0.3, 0.4) is 0 Å². The number of morpholine rings is 1. The summed E-state index contributed by atoms with van der Waals surface area (Å²) < 4.78 is 6.68. The van der Waals surface area contributed by atoms with Gasteiger partial charge in [-0.1, -0.05) is 12.1 Å². The van der Waals surface area contributed by atoms with Crippen molar-refractivity contribution < 1.29 is 14.7 Å². The molecule has 6 rings (SSSR count). The second-order valence-corrected chi connectivity index (χ2v) is 12.3. The van der Waals surface area contributed by atoms with Crippen LogP contribution in [0.1, 0.15) is 33.6 Å². The van der Waals surface area contributed by atoms with Crippen molar-refractivity contribution in [2.45, 2.75) is 19.4 Å². The zero-order chi connectivity index (χ0) is 30.6. The monoisotopic (exact) mass is 616 g/mol. The first-order valence-electron chi connectivity index (χ1n) is 14.7. The Morgan fingerprint density at radius 2 is 1.93 bits per heavy atom. The zero-order valence-corrected chi connectivity index (χ0v) is 25.4. The zero-order valence-electron chi connectivity index (χ0n) is 24.6. The fourth-order valence-electron chi connectivity index (χ4n) is 5.84. The number of hydrogen-bond acceptors (Lipinski definition) is 13. The van der Waals surface area contributed by atoms with Crippen molar-refractivity contribution in [1.29, 1.82) is 5.41 Å². The van der Waals surface area contributed by atoms with E-state index in [1.165, 1.54) is 23.5 Å². The molecule has 14 heteroatoms. The van der Waals surface area contributed by atoms with Gasteiger partial charge in [0.15, 0.2) is 11.6 Å². The van der Waals surface area contributed by atoms with Crippen molar-refractivity contribution >= 4 is 51.1 Å². The number of carbonyl (C=O) groups excluding carboxylic acids is 1. The van der Waals surface area contributed by atoms with E-state index in [2.05, 4.69) is 37.8 Å². The quantitative estimate of drug-likeness (QED) is 0.0943. The first-order valence-corrected chi connectivity index (χ1v) is 15.5. The standard InChI is InChI=1S/C30H36N10O3S/c1-38(17-19-5-7-40(8-6-19)30-33-15-20(16-34-30)29(41)37-42)18-21-13-25-26(44-21)28(39-9-11-43-12-10-39)36-27(35-25)22-3-2-4-24(32)23(22)14-31/h2-4,13-16,19,31,42H,5-12,17-18,32H2,1H3,(H,37,41). The van der Waals surface area contributed by atoms with Crippen LogP contribution in [0.15, 0.2) is 36.7 Å². The maximum absolute atomic E-state index is 11.5. The molecule has 13 nitrogen and oxygen atoms in total. The minimum Gasteiger partial charge on any atom is -0.398 e. The van der Waals surface area contributed by atoms with Gasteiger partial charge in [-0.25, -0.2) is 25.4 Å². The van der Waals surface area contributed by atoms with E-state index in [0.29, 0.717) is 42.2 Å². The van der Waals surface area contributed by atoms with Crippen LogP contribution in [0, 0.1) is 11.3 Å². The first kappa shape index (κ1) is 29.8. The van der Waals surface area contributed by atoms with Gasteiger partial charge in [0, 0.05) is 79.6 Å². The third-order valence-corrected chi connectivity index (χ3v) is 9.24. The van der Waals surface area contributed by atoms with E-state index in [1.54, 1.807) is 22.9 Å². The Morgan fingerprint density at radius 1 is 1.18 bits per heavy atom. The normalized spacial score (nSPS) is 16.1. The molecule has 5 N–H and O–H groups in total. The van der Waals surface area contributed by atoms with Crippen molar-refractivity contribution in [3.63, 3.8) is 0 Å². The van der Waals surface area contributed by atoms with Crippen LogP contribution in [0.4, 0.5) is 17.5 Å². The molecule has 2 aliphatic rings. The number of ether oxygens (including phenoxy) is 1. The predicted octanol–water partition coefficient (Wildman–Crippen LogP) is 3.03. The lowest BCUT2D eigenvalue weighted by atomic mass is 9.96. The lowest BCUT2D eigenvalue weighted by molar-refractivity contribution is 0.0705. The van der Waals surface area contributed by atoms with Gasteiger partial charge in [0.2, 0.25) is 5.95 Å². The molecule has 3 aromatic heterocycles. The van der Waals surface area contributed by atoms with E-state index >= 15 is 0 Å². The number of nitrogens with two attached hydrogens (primary N) is 1. The molecule has 2 saturated heterocycles. The molecule has 1 amide bonds. The highest BCUT2D eigenvalue weighted by atomic mass is 32.1. The topological polar surface area (TPSA) is 170 Å². The minimum absolute atomic E-state index is 0.217. The third-order valence-electron chi connectivity index (χ3n) is 8.14. The number of amides is 1. The van der Waals surface area contributed by atoms with E-state index in [-0.39, 0.29) is 5.56 Å². The molecular formula is C30H36N10O3S. The highest BCUT2D eigenvalue weighted by molar-refractivity contribution is 7.19. The number of hydrogen-bond donors (Lipinski definition) is 4. The molecule has 0 radical (unpaired) electrons. The Bertz CT molecular complexity index is 1630. The minimum atomic E-state index is -0.625. The lowest BCUT2D eigenvalue weighted by Crippen LogP contribution is -2.38. The highest BCUT2D eigenvalue weighted by Gasteiger charge is 2.24. The molecule has 0 unspecified atom stereocenters. The van der Waals surface area contributed by atoms with E-state index < -0.39 is 5.91 Å². The first-order chi connectivity index (χ1) is 21.4. The number of benzene rings is 1. The highest BCUT2D eigenvalue weighted by Crippen LogP contribution is 2.36. The Hall–Kier alpha value is -4.24. The van der Waals surface area contributed by atoms with Gasteiger partial charge in [0.05, 0.1) is 29.0 Å². The number of hydroxylamine groups is 1. The summed E-state index contributed by atoms with van der Waals surface area (Å²) in [4.78, 5) is 38.2. The fourth-order valence-corrected chi connectivity index (χ4v) is 7.04. The van der Waals surface area contributed by atoms with E-state index in [4.69, 9.17) is 31.1 Å². The molecule has 230 valence electrons. The summed E-state index contributed by atoms with van der Waals surface area (Å²) in [6.45, 7) is 6.30. The molecular weight excluding hydrogens is 580 g/mol. The molecule has 5 heterocycles. The second-order valence-electron chi connectivity index (χ2n) is 11.2. The molecule has 2 aliphatic heterocycles. The van der Waals surface area contributed by atoms with E-state index in [0.717, 1.165) is 73.7 Å². The van der Waals surface area contributed by atoms with Gasteiger partial charge in [-0.05, 0) is 37.9 Å². The summed E-state index contributed by atoms with van der Waals surface area (Å²) in [5.41, 5.74) is 10.8. The van der Waals surface area contributed by atoms with Crippen LogP contribution in [0.5, 0.6) is 0 Å². The van der Waals surface area contributed by atoms with Gasteiger partial charge in [0.25, 0.3) is 5.91 Å². The SMILES string of the molecule is CN(Cc1cc2nc(-c3cccc(N)c3C=N)nc(N3CCOCC3)c2s1)CC1CCN(c2ncc(C(=O)NO)cn2)CC1. The molecule has 0 aliphatic carbocycles. The van der Waals surface area contributed by atoms with Crippen molar-refractivity contribution in [3.05, 3.63) is 52.7 Å². The number of aromatic nitrogens is 4. The molecule has 2 fully saturated rings. The summed E-state index contributed by atoms with van der Waals surface area (Å²) in [5.74, 6) is 2.00. The number of anilines is 3. The van der Waals surface area contributed by atoms with Crippen LogP contribution in [-0.2, 0) is 11.3 Å². The Balaban J connectivity index is 1.15. The molecule has 0 atom stereocenters. The van der Waals surface area contributed by atoms with Crippen LogP contribution < -0.4 is 21.0 Å². The average molecular weight is 617 g/mol. The molecule has 44 heavy (non-hydrogen) atoms. The predicted molar refractivity (Wildman–Crippen MR) is 171 cm³/mol. The van der Waals surface area contributed by atoms with Gasteiger partial charge in [-0.3, -0.25) is 10.0 Å². The number of thiophene rings is 1. The van der Waals surface area contributed by atoms with E-state index in [9.17, 15) is 4.79 Å². The smallest absolute Gasteiger partial charge is 0.277 e. The molecule has 0 spiro atoms. The van der Waals surface area contributed by atoms with Crippen molar-refractivity contribution in [1.82, 2.24) is 30.3 Å². The summed E-state index contributed by atoms with van der Waals surface area (Å²) in [5, 5.41) is 16.7. The number of nitrogen functional groups attached to an aromatic ring is 1. The number of rotatable bonds is 9. The van der Waals surface area contributed by atoms with Gasteiger partial charge >= 0.3 is 0 Å². The van der Waals surface area contributed by atoms with Crippen LogP contribution >= 0.6 is 11.3 Å². The number of nitrogens with zero attached hydrogens (tertiary/aromatic N) is 7. The number of fused-ring (bicyclic) bond motifs is 1. The van der Waals surface area contributed by atoms with Crippen LogP contribution in [-0.4, -0.2) is 95.2 Å². The Labute approximate surface area is 259 Å². The molecule has 4 aromatic rings. The van der Waals surface area contributed by atoms with Crippen molar-refractivity contribution in [3.8, 4) is 11.4 Å². The molecule has 0 bridgehead atoms. The summed E-state index contributed by atoms with van der Waals surface area (Å²) in [7, 11) is 2.16.